The van der Waals surface area contributed by atoms with Gasteiger partial charge in [-0.15, -0.1) is 0 Å². The number of nitrogens with one attached hydrogen (secondary N) is 1. The lowest BCUT2D eigenvalue weighted by Crippen LogP contribution is -2.51. The third kappa shape index (κ3) is 1.68. The Balaban J connectivity index is 2.84. The number of piperidine rings is 1. The van der Waals surface area contributed by atoms with Crippen LogP contribution in [-0.2, 0) is 14.4 Å². The molecule has 5 heteroatoms. The van der Waals surface area contributed by atoms with Crippen LogP contribution in [0, 0.1) is 11.8 Å². The molecule has 5 nitrogen and oxygen atoms in total. The van der Waals surface area contributed by atoms with E-state index in [9.17, 15) is 14.4 Å². The number of amides is 1. The molecule has 0 aromatic carbocycles. The van der Waals surface area contributed by atoms with Crippen molar-refractivity contribution in [2.75, 3.05) is 6.54 Å². The van der Waals surface area contributed by atoms with E-state index in [0.29, 0.717) is 6.42 Å². The maximum absolute atomic E-state index is 11.4. The van der Waals surface area contributed by atoms with E-state index in [1.807, 2.05) is 0 Å². The summed E-state index contributed by atoms with van der Waals surface area (Å²) in [6.07, 6.45) is 0.558. The van der Waals surface area contributed by atoms with E-state index in [4.69, 9.17) is 5.11 Å². The molecule has 0 aromatic rings. The van der Waals surface area contributed by atoms with Crippen LogP contribution in [0.25, 0.3) is 0 Å². The minimum Gasteiger partial charge on any atom is -0.480 e. The van der Waals surface area contributed by atoms with Gasteiger partial charge in [-0.1, -0.05) is 6.92 Å². The molecule has 0 bridgehead atoms. The number of carbonyl (C=O) groups excluding carboxylic acids is 2. The van der Waals surface area contributed by atoms with E-state index in [2.05, 4.69) is 5.32 Å². The zero-order chi connectivity index (χ0) is 10.0. The number of carboxylic acid groups (broad SMARTS) is 1. The number of carboxylic acids is 1. The Kier molecular flexibility index (Phi) is 2.65. The first-order chi connectivity index (χ1) is 6.07. The molecule has 0 spiro atoms. The standard InChI is InChI=1S/C8H11NO4/c1-2-4-3-9-7(11)5(6(4)10)8(12)13/h4-5H,2-3H2,1H3,(H,9,11)(H,12,13). The third-order valence-electron chi connectivity index (χ3n) is 2.21. The van der Waals surface area contributed by atoms with Crippen LogP contribution in [-0.4, -0.2) is 29.3 Å². The zero-order valence-electron chi connectivity index (χ0n) is 7.24. The van der Waals surface area contributed by atoms with E-state index in [-0.39, 0.29) is 12.5 Å². The topological polar surface area (TPSA) is 83.5 Å². The number of ketones is 1. The van der Waals surface area contributed by atoms with Crippen molar-refractivity contribution >= 4 is 17.7 Å². The van der Waals surface area contributed by atoms with Gasteiger partial charge in [0.25, 0.3) is 0 Å². The monoisotopic (exact) mass is 185 g/mol. The minimum absolute atomic E-state index is 0.262. The molecule has 2 N–H and O–H groups in total. The Morgan fingerprint density at radius 2 is 2.23 bits per heavy atom. The number of hydrogen-bond acceptors (Lipinski definition) is 3. The predicted octanol–water partition coefficient (Wildman–Crippen LogP) is -0.588. The van der Waals surface area contributed by atoms with Crippen LogP contribution < -0.4 is 5.32 Å². The lowest BCUT2D eigenvalue weighted by Gasteiger charge is -2.24. The fourth-order valence-electron chi connectivity index (χ4n) is 1.37. The molecule has 0 saturated carbocycles. The second kappa shape index (κ2) is 3.55. The summed E-state index contributed by atoms with van der Waals surface area (Å²) in [6, 6.07) is 0. The van der Waals surface area contributed by atoms with Crippen LogP contribution in [0.5, 0.6) is 0 Å². The molecule has 1 aliphatic heterocycles. The van der Waals surface area contributed by atoms with Gasteiger partial charge in [0.1, 0.15) is 0 Å². The van der Waals surface area contributed by atoms with Crippen molar-refractivity contribution < 1.29 is 19.5 Å². The van der Waals surface area contributed by atoms with Gasteiger partial charge in [0, 0.05) is 12.5 Å². The lowest BCUT2D eigenvalue weighted by molar-refractivity contribution is -0.154. The van der Waals surface area contributed by atoms with E-state index in [1.54, 1.807) is 6.92 Å². The second-order valence-corrected chi connectivity index (χ2v) is 3.02. The van der Waals surface area contributed by atoms with Gasteiger partial charge in [-0.2, -0.15) is 0 Å². The van der Waals surface area contributed by atoms with Gasteiger partial charge < -0.3 is 10.4 Å². The normalized spacial score (nSPS) is 28.4. The molecule has 2 atom stereocenters. The summed E-state index contributed by atoms with van der Waals surface area (Å²) < 4.78 is 0. The van der Waals surface area contributed by atoms with Crippen molar-refractivity contribution in [2.24, 2.45) is 11.8 Å². The first kappa shape index (κ1) is 9.70. The summed E-state index contributed by atoms with van der Waals surface area (Å²) in [5, 5.41) is 11.0. The van der Waals surface area contributed by atoms with Crippen LogP contribution in [0.15, 0.2) is 0 Å². The number of carbonyl (C=O) groups is 3. The average molecular weight is 185 g/mol. The van der Waals surface area contributed by atoms with Crippen LogP contribution in [0.1, 0.15) is 13.3 Å². The highest BCUT2D eigenvalue weighted by atomic mass is 16.4. The molecule has 0 radical (unpaired) electrons. The summed E-state index contributed by atoms with van der Waals surface area (Å²) in [7, 11) is 0. The van der Waals surface area contributed by atoms with Crippen molar-refractivity contribution in [1.29, 1.82) is 0 Å². The number of rotatable bonds is 2. The summed E-state index contributed by atoms with van der Waals surface area (Å²) in [4.78, 5) is 32.9. The Morgan fingerprint density at radius 1 is 1.62 bits per heavy atom. The van der Waals surface area contributed by atoms with Gasteiger partial charge in [0.05, 0.1) is 0 Å². The lowest BCUT2D eigenvalue weighted by atomic mass is 9.87. The molecule has 13 heavy (non-hydrogen) atoms. The van der Waals surface area contributed by atoms with Crippen LogP contribution >= 0.6 is 0 Å². The molecule has 0 aliphatic carbocycles. The Morgan fingerprint density at radius 3 is 2.69 bits per heavy atom. The highest BCUT2D eigenvalue weighted by Crippen LogP contribution is 2.16. The predicted molar refractivity (Wildman–Crippen MR) is 42.9 cm³/mol. The molecular formula is C8H11NO4. The van der Waals surface area contributed by atoms with Gasteiger partial charge in [-0.25, -0.2) is 0 Å². The summed E-state index contributed by atoms with van der Waals surface area (Å²) in [5.74, 6) is -4.38. The Bertz CT molecular complexity index is 261. The fourth-order valence-corrected chi connectivity index (χ4v) is 1.37. The SMILES string of the molecule is CCC1CNC(=O)C(C(=O)O)C1=O. The van der Waals surface area contributed by atoms with Crippen molar-refractivity contribution in [3.63, 3.8) is 0 Å². The van der Waals surface area contributed by atoms with E-state index in [0.717, 1.165) is 0 Å². The maximum Gasteiger partial charge on any atom is 0.323 e. The Hall–Kier alpha value is -1.39. The molecular weight excluding hydrogens is 174 g/mol. The quantitative estimate of drug-likeness (QED) is 0.563. The molecule has 1 heterocycles. The smallest absolute Gasteiger partial charge is 0.323 e. The van der Waals surface area contributed by atoms with Crippen LogP contribution in [0.3, 0.4) is 0 Å². The van der Waals surface area contributed by atoms with E-state index >= 15 is 0 Å². The fraction of sp³-hybridized carbons (Fsp3) is 0.625. The molecule has 1 fully saturated rings. The molecule has 0 aromatic heterocycles. The number of aliphatic carboxylic acids is 1. The zero-order valence-corrected chi connectivity index (χ0v) is 7.24. The minimum atomic E-state index is -1.50. The van der Waals surface area contributed by atoms with Crippen LogP contribution in [0.2, 0.25) is 0 Å². The van der Waals surface area contributed by atoms with Gasteiger partial charge >= 0.3 is 5.97 Å². The first-order valence-electron chi connectivity index (χ1n) is 4.12. The molecule has 72 valence electrons. The van der Waals surface area contributed by atoms with Crippen molar-refractivity contribution in [1.82, 2.24) is 5.32 Å². The van der Waals surface area contributed by atoms with Crippen LogP contribution in [0.4, 0.5) is 0 Å². The number of Topliss-reactive ketones (excluding diaryl/α,β-unsaturated/α-hetero) is 1. The molecule has 1 aliphatic rings. The summed E-state index contributed by atoms with van der Waals surface area (Å²) in [6.45, 7) is 2.05. The van der Waals surface area contributed by atoms with Gasteiger partial charge in [0.15, 0.2) is 11.7 Å². The summed E-state index contributed by atoms with van der Waals surface area (Å²) >= 11 is 0. The van der Waals surface area contributed by atoms with Gasteiger partial charge in [-0.05, 0) is 6.42 Å². The largest absolute Gasteiger partial charge is 0.480 e. The number of hydrogen-bond donors (Lipinski definition) is 2. The van der Waals surface area contributed by atoms with E-state index < -0.39 is 23.6 Å². The first-order valence-corrected chi connectivity index (χ1v) is 4.12. The Labute approximate surface area is 75.1 Å². The molecule has 1 rings (SSSR count). The highest BCUT2D eigenvalue weighted by Gasteiger charge is 2.41. The van der Waals surface area contributed by atoms with Crippen molar-refractivity contribution in [2.45, 2.75) is 13.3 Å². The molecule has 1 amide bonds. The third-order valence-corrected chi connectivity index (χ3v) is 2.21. The molecule has 1 saturated heterocycles. The van der Waals surface area contributed by atoms with Crippen molar-refractivity contribution in [3.8, 4) is 0 Å². The highest BCUT2D eigenvalue weighted by molar-refractivity contribution is 6.18. The molecule has 2 unspecified atom stereocenters. The summed E-state index contributed by atoms with van der Waals surface area (Å²) in [5.41, 5.74) is 0. The van der Waals surface area contributed by atoms with Crippen molar-refractivity contribution in [3.05, 3.63) is 0 Å². The second-order valence-electron chi connectivity index (χ2n) is 3.02. The average Bonchev–Trinajstić information content (AvgIpc) is 2.04. The van der Waals surface area contributed by atoms with Gasteiger partial charge in [-0.3, -0.25) is 14.4 Å². The van der Waals surface area contributed by atoms with E-state index in [1.165, 1.54) is 0 Å². The maximum atomic E-state index is 11.4. The van der Waals surface area contributed by atoms with Gasteiger partial charge in [0.2, 0.25) is 5.91 Å².